The summed E-state index contributed by atoms with van der Waals surface area (Å²) in [6.07, 6.45) is 0.351. The van der Waals surface area contributed by atoms with Gasteiger partial charge in [-0.1, -0.05) is 0 Å². The van der Waals surface area contributed by atoms with Crippen LogP contribution in [0.15, 0.2) is 0 Å². The Morgan fingerprint density at radius 1 is 1.44 bits per heavy atom. The highest BCUT2D eigenvalue weighted by Gasteiger charge is 2.42. The fourth-order valence-electron chi connectivity index (χ4n) is 2.00. The average molecular weight is 263 g/mol. The average Bonchev–Trinajstić information content (AvgIpc) is 2.65. The van der Waals surface area contributed by atoms with Crippen molar-refractivity contribution in [1.29, 1.82) is 0 Å². The van der Waals surface area contributed by atoms with Crippen molar-refractivity contribution in [1.82, 2.24) is 5.32 Å². The smallest absolute Gasteiger partial charge is 0.305 e. The third-order valence-corrected chi connectivity index (χ3v) is 2.94. The first kappa shape index (κ1) is 14.9. The molecule has 1 unspecified atom stereocenters. The number of esters is 1. The lowest BCUT2D eigenvalue weighted by Gasteiger charge is -2.11. The van der Waals surface area contributed by atoms with E-state index in [1.165, 1.54) is 0 Å². The molecular weight excluding hydrogens is 244 g/mol. The maximum Gasteiger partial charge on any atom is 0.305 e. The van der Waals surface area contributed by atoms with E-state index >= 15 is 0 Å². The second kappa shape index (κ2) is 6.66. The molecule has 18 heavy (non-hydrogen) atoms. The van der Waals surface area contributed by atoms with Gasteiger partial charge in [0.15, 0.2) is 0 Å². The van der Waals surface area contributed by atoms with E-state index in [2.05, 4.69) is 5.32 Å². The van der Waals surface area contributed by atoms with Gasteiger partial charge in [-0.25, -0.2) is 8.78 Å². The van der Waals surface area contributed by atoms with Gasteiger partial charge >= 0.3 is 5.97 Å². The van der Waals surface area contributed by atoms with Crippen molar-refractivity contribution >= 4 is 11.9 Å². The minimum Gasteiger partial charge on any atom is -0.466 e. The molecule has 6 heteroatoms. The number of carbonyl (C=O) groups is 2. The molecule has 1 fully saturated rings. The minimum atomic E-state index is -2.70. The van der Waals surface area contributed by atoms with Crippen LogP contribution in [0.25, 0.3) is 0 Å². The lowest BCUT2D eigenvalue weighted by molar-refractivity contribution is -0.143. The first-order valence-corrected chi connectivity index (χ1v) is 6.26. The summed E-state index contributed by atoms with van der Waals surface area (Å²) < 4.78 is 30.5. The Bertz CT molecular complexity index is 308. The van der Waals surface area contributed by atoms with Gasteiger partial charge in [-0.3, -0.25) is 9.59 Å². The summed E-state index contributed by atoms with van der Waals surface area (Å²) in [5.74, 6) is -3.94. The molecule has 0 aliphatic heterocycles. The van der Waals surface area contributed by atoms with E-state index in [1.54, 1.807) is 6.92 Å². The molecule has 4 nitrogen and oxygen atoms in total. The molecule has 104 valence electrons. The quantitative estimate of drug-likeness (QED) is 0.588. The topological polar surface area (TPSA) is 55.4 Å². The summed E-state index contributed by atoms with van der Waals surface area (Å²) in [5, 5.41) is 2.58. The summed E-state index contributed by atoms with van der Waals surface area (Å²) in [6.45, 7) is 2.38. The van der Waals surface area contributed by atoms with E-state index in [4.69, 9.17) is 4.74 Å². The molecule has 1 saturated carbocycles. The third kappa shape index (κ3) is 4.98. The van der Waals surface area contributed by atoms with Crippen LogP contribution in [0.3, 0.4) is 0 Å². The van der Waals surface area contributed by atoms with Crippen molar-refractivity contribution in [3.05, 3.63) is 0 Å². The Morgan fingerprint density at radius 2 is 2.17 bits per heavy atom. The Labute approximate surface area is 105 Å². The minimum absolute atomic E-state index is 0.214. The summed E-state index contributed by atoms with van der Waals surface area (Å²) in [5.41, 5.74) is 0. The van der Waals surface area contributed by atoms with Crippen LogP contribution in [0.5, 0.6) is 0 Å². The predicted molar refractivity (Wildman–Crippen MR) is 61.2 cm³/mol. The van der Waals surface area contributed by atoms with Crippen molar-refractivity contribution < 1.29 is 23.1 Å². The lowest BCUT2D eigenvalue weighted by Crippen LogP contribution is -2.31. The molecule has 0 aromatic carbocycles. The second-order valence-corrected chi connectivity index (χ2v) is 4.50. The number of carbonyl (C=O) groups excluding carboxylic acids is 2. The molecule has 1 N–H and O–H groups in total. The van der Waals surface area contributed by atoms with E-state index in [9.17, 15) is 18.4 Å². The number of nitrogens with one attached hydrogen (secondary N) is 1. The molecule has 0 aromatic heterocycles. The Hall–Kier alpha value is -1.20. The highest BCUT2D eigenvalue weighted by Crippen LogP contribution is 2.38. The van der Waals surface area contributed by atoms with Gasteiger partial charge in [-0.2, -0.15) is 0 Å². The summed E-state index contributed by atoms with van der Waals surface area (Å²) in [7, 11) is 0. The maximum atomic E-state index is 12.9. The van der Waals surface area contributed by atoms with Gasteiger partial charge in [-0.05, 0) is 19.8 Å². The van der Waals surface area contributed by atoms with Gasteiger partial charge in [0.1, 0.15) is 0 Å². The van der Waals surface area contributed by atoms with Crippen molar-refractivity contribution in [3.8, 4) is 0 Å². The first-order valence-electron chi connectivity index (χ1n) is 6.26. The highest BCUT2D eigenvalue weighted by atomic mass is 19.3. The predicted octanol–water partition coefficient (Wildman–Crippen LogP) is 1.88. The Kier molecular flexibility index (Phi) is 5.50. The number of alkyl halides is 2. The molecule has 0 aromatic rings. The van der Waals surface area contributed by atoms with Crippen LogP contribution in [-0.2, 0) is 14.3 Å². The zero-order valence-corrected chi connectivity index (χ0v) is 10.5. The lowest BCUT2D eigenvalue weighted by atomic mass is 10.1. The Balaban J connectivity index is 2.13. The molecule has 0 radical (unpaired) electrons. The summed E-state index contributed by atoms with van der Waals surface area (Å²) in [4.78, 5) is 22.5. The van der Waals surface area contributed by atoms with Gasteiger partial charge in [0.25, 0.3) is 0 Å². The van der Waals surface area contributed by atoms with Crippen LogP contribution < -0.4 is 5.32 Å². The monoisotopic (exact) mass is 263 g/mol. The fourth-order valence-corrected chi connectivity index (χ4v) is 2.00. The molecule has 1 atom stereocenters. The van der Waals surface area contributed by atoms with E-state index < -0.39 is 11.8 Å². The van der Waals surface area contributed by atoms with Gasteiger partial charge in [0, 0.05) is 31.7 Å². The second-order valence-electron chi connectivity index (χ2n) is 4.50. The molecule has 1 aliphatic rings. The van der Waals surface area contributed by atoms with Crippen LogP contribution in [-0.4, -0.2) is 31.0 Å². The first-order chi connectivity index (χ1) is 8.44. The SMILES string of the molecule is CCOC(=O)CCCNC(=O)C1CCC(F)(F)C1. The zero-order valence-electron chi connectivity index (χ0n) is 10.5. The van der Waals surface area contributed by atoms with Gasteiger partial charge in [-0.15, -0.1) is 0 Å². The van der Waals surface area contributed by atoms with E-state index in [0.29, 0.717) is 19.6 Å². The highest BCUT2D eigenvalue weighted by molar-refractivity contribution is 5.79. The van der Waals surface area contributed by atoms with Crippen LogP contribution in [0, 0.1) is 5.92 Å². The standard InChI is InChI=1S/C12H19F2NO3/c1-2-18-10(16)4-3-7-15-11(17)9-5-6-12(13,14)8-9/h9H,2-8H2,1H3,(H,15,17). The van der Waals surface area contributed by atoms with Crippen molar-refractivity contribution in [2.24, 2.45) is 5.92 Å². The molecule has 1 aliphatic carbocycles. The zero-order chi connectivity index (χ0) is 13.6. The van der Waals surface area contributed by atoms with E-state index in [1.807, 2.05) is 0 Å². The molecule has 0 bridgehead atoms. The van der Waals surface area contributed by atoms with E-state index in [-0.39, 0.29) is 37.6 Å². The molecule has 1 amide bonds. The van der Waals surface area contributed by atoms with Crippen molar-refractivity contribution in [3.63, 3.8) is 0 Å². The summed E-state index contributed by atoms with van der Waals surface area (Å²) in [6, 6.07) is 0. The molecule has 1 rings (SSSR count). The molecule has 0 spiro atoms. The number of ether oxygens (including phenoxy) is 1. The molecular formula is C12H19F2NO3. The number of amides is 1. The van der Waals surface area contributed by atoms with Crippen LogP contribution in [0.2, 0.25) is 0 Å². The van der Waals surface area contributed by atoms with Crippen LogP contribution in [0.4, 0.5) is 8.78 Å². The largest absolute Gasteiger partial charge is 0.466 e. The number of hydrogen-bond donors (Lipinski definition) is 1. The number of hydrogen-bond acceptors (Lipinski definition) is 3. The van der Waals surface area contributed by atoms with Gasteiger partial charge < -0.3 is 10.1 Å². The van der Waals surface area contributed by atoms with Crippen LogP contribution >= 0.6 is 0 Å². The van der Waals surface area contributed by atoms with Crippen molar-refractivity contribution in [2.75, 3.05) is 13.2 Å². The third-order valence-electron chi connectivity index (χ3n) is 2.94. The number of rotatable bonds is 6. The van der Waals surface area contributed by atoms with Crippen molar-refractivity contribution in [2.45, 2.75) is 45.0 Å². The molecule has 0 saturated heterocycles. The van der Waals surface area contributed by atoms with Crippen LogP contribution in [0.1, 0.15) is 39.0 Å². The molecule has 0 heterocycles. The maximum absolute atomic E-state index is 12.9. The Morgan fingerprint density at radius 3 is 2.72 bits per heavy atom. The normalized spacial score (nSPS) is 21.6. The van der Waals surface area contributed by atoms with Gasteiger partial charge in [0.05, 0.1) is 6.61 Å². The van der Waals surface area contributed by atoms with Gasteiger partial charge in [0.2, 0.25) is 11.8 Å². The fraction of sp³-hybridized carbons (Fsp3) is 0.833. The number of halogens is 2. The van der Waals surface area contributed by atoms with E-state index in [0.717, 1.165) is 0 Å². The summed E-state index contributed by atoms with van der Waals surface area (Å²) >= 11 is 0.